The first-order chi connectivity index (χ1) is 17.4. The van der Waals surface area contributed by atoms with Crippen LogP contribution in [0.15, 0.2) is 40.7 Å². The average molecular weight is 490 g/mol. The minimum Gasteiger partial charge on any atom is -0.461 e. The molecule has 0 spiro atoms. The third-order valence-electron chi connectivity index (χ3n) is 9.99. The van der Waals surface area contributed by atoms with Gasteiger partial charge in [-0.1, -0.05) is 44.1 Å². The van der Waals surface area contributed by atoms with Gasteiger partial charge >= 0.3 is 5.97 Å². The SMILES string of the molecule is CCOC(=O)c1nc2ccccc2n(C2C[C@@H]3CCC[C@@H](C2)N3CC=C2CCC3CC2C3(C)C)c1=O. The second kappa shape index (κ2) is 9.13. The van der Waals surface area contributed by atoms with Gasteiger partial charge in [0.2, 0.25) is 5.69 Å². The minimum atomic E-state index is -0.625. The largest absolute Gasteiger partial charge is 0.461 e. The van der Waals surface area contributed by atoms with Crippen molar-refractivity contribution in [1.29, 1.82) is 0 Å². The third-order valence-corrected chi connectivity index (χ3v) is 9.99. The second-order valence-electron chi connectivity index (χ2n) is 12.0. The van der Waals surface area contributed by atoms with Crippen molar-refractivity contribution in [3.05, 3.63) is 52.0 Å². The number of carbonyl (C=O) groups excluding carboxylic acids is 1. The zero-order valence-corrected chi connectivity index (χ0v) is 21.9. The number of benzene rings is 1. The maximum absolute atomic E-state index is 13.6. The summed E-state index contributed by atoms with van der Waals surface area (Å²) in [7, 11) is 0. The number of nitrogens with zero attached hydrogens (tertiary/aromatic N) is 3. The maximum atomic E-state index is 13.6. The van der Waals surface area contributed by atoms with Gasteiger partial charge in [0.05, 0.1) is 17.6 Å². The summed E-state index contributed by atoms with van der Waals surface area (Å²) in [6.07, 6.45) is 12.1. The van der Waals surface area contributed by atoms with Crippen LogP contribution in [0.3, 0.4) is 0 Å². The van der Waals surface area contributed by atoms with Crippen LogP contribution in [0.25, 0.3) is 11.0 Å². The lowest BCUT2D eigenvalue weighted by molar-refractivity contribution is -0.0288. The number of hydrogen-bond acceptors (Lipinski definition) is 5. The maximum Gasteiger partial charge on any atom is 0.362 e. The number of hydrogen-bond donors (Lipinski definition) is 0. The van der Waals surface area contributed by atoms with Gasteiger partial charge in [0, 0.05) is 24.7 Å². The van der Waals surface area contributed by atoms with Crippen molar-refractivity contribution in [2.45, 2.75) is 90.3 Å². The molecule has 2 unspecified atom stereocenters. The van der Waals surface area contributed by atoms with Crippen molar-refractivity contribution >= 4 is 17.0 Å². The molecule has 192 valence electrons. The zero-order chi connectivity index (χ0) is 25.0. The Kier molecular flexibility index (Phi) is 6.06. The van der Waals surface area contributed by atoms with Crippen molar-refractivity contribution in [1.82, 2.24) is 14.5 Å². The Morgan fingerprint density at radius 1 is 1.11 bits per heavy atom. The molecule has 2 aromatic rings. The van der Waals surface area contributed by atoms with Gasteiger partial charge in [-0.2, -0.15) is 0 Å². The summed E-state index contributed by atoms with van der Waals surface area (Å²) < 4.78 is 7.05. The van der Waals surface area contributed by atoms with Crippen LogP contribution < -0.4 is 5.56 Å². The van der Waals surface area contributed by atoms with Gasteiger partial charge in [0.25, 0.3) is 5.56 Å². The number of piperidine rings is 2. The lowest BCUT2D eigenvalue weighted by Gasteiger charge is -2.58. The molecule has 2 saturated heterocycles. The Labute approximate surface area is 213 Å². The lowest BCUT2D eigenvalue weighted by atomic mass is 9.47. The Morgan fingerprint density at radius 2 is 1.86 bits per heavy atom. The van der Waals surface area contributed by atoms with Crippen LogP contribution in [-0.4, -0.2) is 45.7 Å². The highest BCUT2D eigenvalue weighted by molar-refractivity contribution is 5.89. The van der Waals surface area contributed by atoms with Crippen LogP contribution in [0.4, 0.5) is 0 Å². The van der Waals surface area contributed by atoms with E-state index in [1.165, 1.54) is 38.5 Å². The Balaban J connectivity index is 1.29. The smallest absolute Gasteiger partial charge is 0.362 e. The van der Waals surface area contributed by atoms with Crippen molar-refractivity contribution < 1.29 is 9.53 Å². The first-order valence-corrected chi connectivity index (χ1v) is 14.0. The number of ether oxygens (including phenoxy) is 1. The number of esters is 1. The summed E-state index contributed by atoms with van der Waals surface area (Å²) in [5.74, 6) is 1.07. The van der Waals surface area contributed by atoms with E-state index in [0.29, 0.717) is 23.0 Å². The average Bonchev–Trinajstić information content (AvgIpc) is 2.86. The number of para-hydroxylation sites is 2. The van der Waals surface area contributed by atoms with Crippen molar-refractivity contribution in [2.75, 3.05) is 13.2 Å². The molecule has 1 aromatic heterocycles. The molecule has 0 amide bonds. The first kappa shape index (κ1) is 23.9. The summed E-state index contributed by atoms with van der Waals surface area (Å²) in [6.45, 7) is 7.93. The molecule has 36 heavy (non-hydrogen) atoms. The molecule has 0 N–H and O–H groups in total. The van der Waals surface area contributed by atoms with E-state index in [9.17, 15) is 9.59 Å². The van der Waals surface area contributed by atoms with E-state index in [0.717, 1.165) is 36.7 Å². The predicted molar refractivity (Wildman–Crippen MR) is 141 cm³/mol. The van der Waals surface area contributed by atoms with E-state index in [1.54, 1.807) is 12.5 Å². The molecule has 6 nitrogen and oxygen atoms in total. The van der Waals surface area contributed by atoms with Crippen LogP contribution in [0.5, 0.6) is 0 Å². The van der Waals surface area contributed by atoms with Gasteiger partial charge < -0.3 is 9.30 Å². The van der Waals surface area contributed by atoms with E-state index >= 15 is 0 Å². The molecule has 3 saturated carbocycles. The monoisotopic (exact) mass is 489 g/mol. The highest BCUT2D eigenvalue weighted by atomic mass is 16.5. The molecule has 3 aliphatic carbocycles. The number of aromatic nitrogens is 2. The fraction of sp³-hybridized carbons (Fsp3) is 0.633. The van der Waals surface area contributed by atoms with Crippen molar-refractivity contribution in [3.63, 3.8) is 0 Å². The summed E-state index contributed by atoms with van der Waals surface area (Å²) in [5, 5.41) is 0. The van der Waals surface area contributed by atoms with Crippen LogP contribution in [0, 0.1) is 17.3 Å². The molecule has 5 aliphatic rings. The van der Waals surface area contributed by atoms with Crippen LogP contribution in [0.1, 0.15) is 88.7 Å². The van der Waals surface area contributed by atoms with Gasteiger partial charge in [-0.05, 0) is 81.3 Å². The Morgan fingerprint density at radius 3 is 2.56 bits per heavy atom. The van der Waals surface area contributed by atoms with Gasteiger partial charge in [0.15, 0.2) is 0 Å². The molecule has 4 atom stereocenters. The molecule has 7 rings (SSSR count). The lowest BCUT2D eigenvalue weighted by Crippen LogP contribution is -2.53. The van der Waals surface area contributed by atoms with Crippen LogP contribution >= 0.6 is 0 Å². The molecule has 2 aliphatic heterocycles. The topological polar surface area (TPSA) is 64.4 Å². The van der Waals surface area contributed by atoms with Crippen LogP contribution in [-0.2, 0) is 4.74 Å². The molecular formula is C30H39N3O3. The highest BCUT2D eigenvalue weighted by Gasteiger charge is 2.52. The van der Waals surface area contributed by atoms with E-state index < -0.39 is 5.97 Å². The molecule has 0 radical (unpaired) electrons. The summed E-state index contributed by atoms with van der Waals surface area (Å²) >= 11 is 0. The number of allylic oxidation sites excluding steroid dienone is 1. The van der Waals surface area contributed by atoms with Crippen LogP contribution in [0.2, 0.25) is 0 Å². The molecule has 1 aromatic carbocycles. The first-order valence-electron chi connectivity index (χ1n) is 14.0. The van der Waals surface area contributed by atoms with E-state index in [-0.39, 0.29) is 23.9 Å². The van der Waals surface area contributed by atoms with Crippen molar-refractivity contribution in [2.24, 2.45) is 17.3 Å². The fourth-order valence-electron chi connectivity index (χ4n) is 7.93. The molecule has 5 fully saturated rings. The second-order valence-corrected chi connectivity index (χ2v) is 12.0. The molecule has 6 heteroatoms. The van der Waals surface area contributed by atoms with Gasteiger partial charge in [0.1, 0.15) is 0 Å². The minimum absolute atomic E-state index is 0.0683. The Bertz CT molecular complexity index is 1250. The van der Waals surface area contributed by atoms with Gasteiger partial charge in [-0.25, -0.2) is 9.78 Å². The third kappa shape index (κ3) is 3.84. The van der Waals surface area contributed by atoms with E-state index in [2.05, 4.69) is 29.8 Å². The van der Waals surface area contributed by atoms with Crippen molar-refractivity contribution in [3.8, 4) is 0 Å². The van der Waals surface area contributed by atoms with Gasteiger partial charge in [-0.15, -0.1) is 0 Å². The molecule has 3 heterocycles. The number of carbonyl (C=O) groups is 1. The summed E-state index contributed by atoms with van der Waals surface area (Å²) in [4.78, 5) is 33.3. The van der Waals surface area contributed by atoms with E-state index in [4.69, 9.17) is 4.74 Å². The normalized spacial score (nSPS) is 32.3. The van der Waals surface area contributed by atoms with Gasteiger partial charge in [-0.3, -0.25) is 9.69 Å². The Hall–Kier alpha value is -2.47. The van der Waals surface area contributed by atoms with E-state index in [1.807, 2.05) is 28.8 Å². The molecule has 4 bridgehead atoms. The summed E-state index contributed by atoms with van der Waals surface area (Å²) in [6, 6.07) is 8.70. The number of rotatable bonds is 5. The molecular weight excluding hydrogens is 450 g/mol. The number of fused-ring (bicyclic) bond motifs is 5. The quantitative estimate of drug-likeness (QED) is 0.409. The highest BCUT2D eigenvalue weighted by Crippen LogP contribution is 2.61. The summed E-state index contributed by atoms with van der Waals surface area (Å²) in [5.41, 5.74) is 3.27. The standard InChI is InChI=1S/C30H39N3O3/c1-4-36-29(35)27-28(34)33(26-11-6-5-10-25(26)31-27)23-17-21-8-7-9-22(18-23)32(21)15-14-19-12-13-20-16-24(19)30(20,2)3/h5-6,10-11,14,20-24H,4,7-9,12-13,15-18H2,1-3H3/t20?,21-,22-,24?/m0/s1. The zero-order valence-electron chi connectivity index (χ0n) is 21.9. The predicted octanol–water partition coefficient (Wildman–Crippen LogP) is 5.51. The fourth-order valence-corrected chi connectivity index (χ4v) is 7.93.